The van der Waals surface area contributed by atoms with Gasteiger partial charge in [0.15, 0.2) is 0 Å². The lowest BCUT2D eigenvalue weighted by atomic mass is 9.98. The minimum Gasteiger partial charge on any atom is -0.480 e. The second-order valence-electron chi connectivity index (χ2n) is 3.81. The molecular weight excluding hydrogens is 206 g/mol. The van der Waals surface area contributed by atoms with Crippen molar-refractivity contribution in [1.82, 2.24) is 5.32 Å². The van der Waals surface area contributed by atoms with Gasteiger partial charge in [-0.2, -0.15) is 0 Å². The zero-order valence-corrected chi connectivity index (χ0v) is 9.36. The van der Waals surface area contributed by atoms with E-state index in [1.807, 2.05) is 0 Å². The maximum Gasteiger partial charge on any atom is 0.329 e. The van der Waals surface area contributed by atoms with Gasteiger partial charge in [-0.3, -0.25) is 4.79 Å². The van der Waals surface area contributed by atoms with E-state index >= 15 is 0 Å². The topological polar surface area (TPSA) is 66.4 Å². The van der Waals surface area contributed by atoms with Crippen LogP contribution in [0.1, 0.15) is 30.6 Å². The van der Waals surface area contributed by atoms with E-state index < -0.39 is 11.5 Å². The molecule has 0 saturated carbocycles. The second kappa shape index (κ2) is 4.79. The van der Waals surface area contributed by atoms with Crippen molar-refractivity contribution in [3.05, 3.63) is 35.9 Å². The predicted octanol–water partition coefficient (Wildman–Crippen LogP) is 1.67. The first-order valence-corrected chi connectivity index (χ1v) is 5.10. The van der Waals surface area contributed by atoms with Crippen LogP contribution in [-0.2, 0) is 4.79 Å². The number of carboxylic acid groups (broad SMARTS) is 1. The average molecular weight is 221 g/mol. The van der Waals surface area contributed by atoms with Crippen molar-refractivity contribution in [2.75, 3.05) is 0 Å². The first-order valence-electron chi connectivity index (χ1n) is 5.10. The molecule has 1 atom stereocenters. The molecule has 0 spiro atoms. The smallest absolute Gasteiger partial charge is 0.329 e. The Hall–Kier alpha value is -1.84. The summed E-state index contributed by atoms with van der Waals surface area (Å²) in [6, 6.07) is 8.56. The lowest BCUT2D eigenvalue weighted by molar-refractivity contribution is -0.143. The van der Waals surface area contributed by atoms with Crippen molar-refractivity contribution in [3.8, 4) is 0 Å². The van der Waals surface area contributed by atoms with Crippen molar-refractivity contribution in [1.29, 1.82) is 0 Å². The summed E-state index contributed by atoms with van der Waals surface area (Å²) < 4.78 is 0. The van der Waals surface area contributed by atoms with Gasteiger partial charge in [-0.15, -0.1) is 0 Å². The van der Waals surface area contributed by atoms with Crippen LogP contribution >= 0.6 is 0 Å². The van der Waals surface area contributed by atoms with Crippen LogP contribution in [0.25, 0.3) is 0 Å². The van der Waals surface area contributed by atoms with Gasteiger partial charge in [0, 0.05) is 5.56 Å². The van der Waals surface area contributed by atoms with Crippen LogP contribution in [0, 0.1) is 0 Å². The Morgan fingerprint density at radius 1 is 1.31 bits per heavy atom. The van der Waals surface area contributed by atoms with Crippen LogP contribution in [0.15, 0.2) is 30.3 Å². The van der Waals surface area contributed by atoms with Gasteiger partial charge in [0.25, 0.3) is 5.91 Å². The van der Waals surface area contributed by atoms with Crippen molar-refractivity contribution >= 4 is 11.9 Å². The molecule has 0 unspecified atom stereocenters. The monoisotopic (exact) mass is 221 g/mol. The van der Waals surface area contributed by atoms with Crippen LogP contribution in [0.3, 0.4) is 0 Å². The number of aliphatic carboxylic acids is 1. The molecule has 0 aliphatic carbocycles. The number of carboxylic acids is 1. The van der Waals surface area contributed by atoms with E-state index in [4.69, 9.17) is 5.11 Å². The summed E-state index contributed by atoms with van der Waals surface area (Å²) in [5, 5.41) is 11.5. The maximum absolute atomic E-state index is 11.7. The molecule has 0 radical (unpaired) electrons. The first kappa shape index (κ1) is 12.2. The van der Waals surface area contributed by atoms with Crippen molar-refractivity contribution in [2.24, 2.45) is 0 Å². The van der Waals surface area contributed by atoms with Gasteiger partial charge in [-0.05, 0) is 25.5 Å². The van der Waals surface area contributed by atoms with Gasteiger partial charge >= 0.3 is 5.97 Å². The van der Waals surface area contributed by atoms with Crippen LogP contribution in [0.4, 0.5) is 0 Å². The molecule has 1 aromatic rings. The Kier molecular flexibility index (Phi) is 3.66. The highest BCUT2D eigenvalue weighted by molar-refractivity contribution is 5.97. The van der Waals surface area contributed by atoms with Crippen molar-refractivity contribution in [3.63, 3.8) is 0 Å². The second-order valence-corrected chi connectivity index (χ2v) is 3.81. The first-order chi connectivity index (χ1) is 7.49. The molecule has 0 heterocycles. The Labute approximate surface area is 94.3 Å². The number of amides is 1. The Balaban J connectivity index is 2.82. The van der Waals surface area contributed by atoms with Gasteiger partial charge < -0.3 is 10.4 Å². The number of rotatable bonds is 4. The van der Waals surface area contributed by atoms with Crippen LogP contribution in [0.2, 0.25) is 0 Å². The quantitative estimate of drug-likeness (QED) is 0.812. The van der Waals surface area contributed by atoms with E-state index in [-0.39, 0.29) is 5.91 Å². The lowest BCUT2D eigenvalue weighted by Crippen LogP contribution is -2.51. The Morgan fingerprint density at radius 2 is 1.88 bits per heavy atom. The normalized spacial score (nSPS) is 13.9. The van der Waals surface area contributed by atoms with Gasteiger partial charge in [0.05, 0.1) is 0 Å². The molecule has 0 aliphatic rings. The lowest BCUT2D eigenvalue weighted by Gasteiger charge is -2.24. The van der Waals surface area contributed by atoms with Crippen LogP contribution < -0.4 is 5.32 Å². The molecule has 1 aromatic carbocycles. The fraction of sp³-hybridized carbons (Fsp3) is 0.333. The number of hydrogen-bond donors (Lipinski definition) is 2. The van der Waals surface area contributed by atoms with Gasteiger partial charge in [0.2, 0.25) is 0 Å². The molecule has 0 aromatic heterocycles. The number of carbonyl (C=O) groups excluding carboxylic acids is 1. The Morgan fingerprint density at radius 3 is 2.31 bits per heavy atom. The van der Waals surface area contributed by atoms with Crippen LogP contribution in [0.5, 0.6) is 0 Å². The molecule has 0 bridgehead atoms. The molecule has 0 fully saturated rings. The maximum atomic E-state index is 11.7. The zero-order chi connectivity index (χ0) is 12.2. The summed E-state index contributed by atoms with van der Waals surface area (Å²) in [7, 11) is 0. The molecule has 1 amide bonds. The fourth-order valence-corrected chi connectivity index (χ4v) is 1.21. The SMILES string of the molecule is CC[C@](C)(NC(=O)c1ccccc1)C(=O)O. The van der Waals surface area contributed by atoms with Crippen LogP contribution in [-0.4, -0.2) is 22.5 Å². The van der Waals surface area contributed by atoms with E-state index in [9.17, 15) is 9.59 Å². The molecule has 2 N–H and O–H groups in total. The predicted molar refractivity (Wildman–Crippen MR) is 60.2 cm³/mol. The Bertz CT molecular complexity index is 389. The van der Waals surface area contributed by atoms with Gasteiger partial charge in [-0.25, -0.2) is 4.79 Å². The molecule has 16 heavy (non-hydrogen) atoms. The van der Waals surface area contributed by atoms with E-state index in [1.165, 1.54) is 6.92 Å². The molecule has 0 aliphatic heterocycles. The number of carbonyl (C=O) groups is 2. The number of benzene rings is 1. The summed E-state index contributed by atoms with van der Waals surface area (Å²) in [4.78, 5) is 22.8. The molecular formula is C12H15NO3. The van der Waals surface area contributed by atoms with Crippen molar-refractivity contribution < 1.29 is 14.7 Å². The number of nitrogens with one attached hydrogen (secondary N) is 1. The summed E-state index contributed by atoms with van der Waals surface area (Å²) >= 11 is 0. The van der Waals surface area contributed by atoms with Gasteiger partial charge in [-0.1, -0.05) is 25.1 Å². The van der Waals surface area contributed by atoms with Gasteiger partial charge in [0.1, 0.15) is 5.54 Å². The molecule has 4 nitrogen and oxygen atoms in total. The minimum atomic E-state index is -1.22. The third-order valence-corrected chi connectivity index (χ3v) is 2.60. The van der Waals surface area contributed by atoms with E-state index in [0.29, 0.717) is 12.0 Å². The molecule has 0 saturated heterocycles. The third-order valence-electron chi connectivity index (χ3n) is 2.60. The van der Waals surface area contributed by atoms with E-state index in [1.54, 1.807) is 37.3 Å². The third kappa shape index (κ3) is 2.59. The standard InChI is InChI=1S/C12H15NO3/c1-3-12(2,11(15)16)13-10(14)9-7-5-4-6-8-9/h4-8H,3H2,1-2H3,(H,13,14)(H,15,16)/t12-/m0/s1. The fourth-order valence-electron chi connectivity index (χ4n) is 1.21. The minimum absolute atomic E-state index is 0.334. The summed E-state index contributed by atoms with van der Waals surface area (Å²) in [6.07, 6.45) is 0.334. The van der Waals surface area contributed by atoms with E-state index in [0.717, 1.165) is 0 Å². The molecule has 86 valence electrons. The molecule has 4 heteroatoms. The highest BCUT2D eigenvalue weighted by atomic mass is 16.4. The highest BCUT2D eigenvalue weighted by Crippen LogP contribution is 2.11. The highest BCUT2D eigenvalue weighted by Gasteiger charge is 2.32. The van der Waals surface area contributed by atoms with E-state index in [2.05, 4.69) is 5.32 Å². The van der Waals surface area contributed by atoms with Crippen molar-refractivity contribution in [2.45, 2.75) is 25.8 Å². The summed E-state index contributed by atoms with van der Waals surface area (Å²) in [5.41, 5.74) is -0.754. The summed E-state index contributed by atoms with van der Waals surface area (Å²) in [5.74, 6) is -1.40. The summed E-state index contributed by atoms with van der Waals surface area (Å²) in [6.45, 7) is 3.22. The average Bonchev–Trinajstić information content (AvgIpc) is 2.29. The number of hydrogen-bond acceptors (Lipinski definition) is 2. The largest absolute Gasteiger partial charge is 0.480 e. The molecule has 1 rings (SSSR count). The zero-order valence-electron chi connectivity index (χ0n) is 9.36.